The van der Waals surface area contributed by atoms with E-state index in [0.717, 1.165) is 0 Å². The van der Waals surface area contributed by atoms with E-state index in [1.54, 1.807) is 6.92 Å². The Morgan fingerprint density at radius 3 is 2.33 bits per heavy atom. The molecule has 0 heterocycles. The topological polar surface area (TPSA) is 63.6 Å². The normalized spacial score (nSPS) is 13.2. The first-order valence-corrected chi connectivity index (χ1v) is 4.56. The van der Waals surface area contributed by atoms with Gasteiger partial charge < -0.3 is 4.74 Å². The van der Waals surface area contributed by atoms with Crippen molar-refractivity contribution in [3.63, 3.8) is 0 Å². The van der Waals surface area contributed by atoms with Crippen LogP contribution in [0.3, 0.4) is 0 Å². The van der Waals surface area contributed by atoms with Gasteiger partial charge in [-0.1, -0.05) is 12.2 Å². The summed E-state index contributed by atoms with van der Waals surface area (Å²) in [5.41, 5.74) is -0.473. The Morgan fingerprint density at radius 1 is 1.67 bits per heavy atom. The molecule has 0 fully saturated rings. The van der Waals surface area contributed by atoms with E-state index in [9.17, 15) is 8.42 Å². The first-order valence-electron chi connectivity index (χ1n) is 3.06. The van der Waals surface area contributed by atoms with E-state index in [2.05, 4.69) is 6.58 Å². The fourth-order valence-corrected chi connectivity index (χ4v) is 0.586. The molecule has 1 unspecified atom stereocenters. The molecular formula is C6H13NaO4S. The van der Waals surface area contributed by atoms with Gasteiger partial charge >= 0.3 is 29.6 Å². The summed E-state index contributed by atoms with van der Waals surface area (Å²) in [7, 11) is -4.06. The monoisotopic (exact) mass is 204 g/mol. The van der Waals surface area contributed by atoms with Gasteiger partial charge in [0.05, 0.1) is 6.61 Å². The molecule has 6 heteroatoms. The van der Waals surface area contributed by atoms with Gasteiger partial charge in [0, 0.05) is 0 Å². The summed E-state index contributed by atoms with van der Waals surface area (Å²) >= 11 is 0. The van der Waals surface area contributed by atoms with Crippen molar-refractivity contribution in [1.29, 1.82) is 0 Å². The molecule has 1 N–H and O–H groups in total. The van der Waals surface area contributed by atoms with E-state index in [1.165, 1.54) is 6.92 Å². The van der Waals surface area contributed by atoms with Gasteiger partial charge in [-0.3, -0.25) is 4.55 Å². The zero-order valence-electron chi connectivity index (χ0n) is 6.57. The van der Waals surface area contributed by atoms with E-state index >= 15 is 0 Å². The fraction of sp³-hybridized carbons (Fsp3) is 0.667. The van der Waals surface area contributed by atoms with Gasteiger partial charge in [-0.05, 0) is 13.8 Å². The van der Waals surface area contributed by atoms with Crippen molar-refractivity contribution >= 4 is 39.7 Å². The van der Waals surface area contributed by atoms with Crippen LogP contribution in [0.5, 0.6) is 0 Å². The van der Waals surface area contributed by atoms with Crippen LogP contribution < -0.4 is 0 Å². The molecule has 0 saturated heterocycles. The van der Waals surface area contributed by atoms with Crippen LogP contribution in [0.1, 0.15) is 13.8 Å². The molecule has 0 amide bonds. The third-order valence-corrected chi connectivity index (χ3v) is 1.96. The molecule has 68 valence electrons. The molecule has 0 spiro atoms. The zero-order chi connectivity index (χ0) is 9.07. The van der Waals surface area contributed by atoms with Crippen LogP contribution in [0.15, 0.2) is 12.2 Å². The summed E-state index contributed by atoms with van der Waals surface area (Å²) in [4.78, 5) is 0. The van der Waals surface area contributed by atoms with Crippen molar-refractivity contribution in [2.24, 2.45) is 0 Å². The number of ether oxygens (including phenoxy) is 1. The molecular weight excluding hydrogens is 191 g/mol. The SMILES string of the molecule is C=C(C)COC(C)S(=O)(=O)O.[NaH]. The van der Waals surface area contributed by atoms with E-state index in [1.807, 2.05) is 0 Å². The molecule has 0 aromatic rings. The predicted molar refractivity (Wildman–Crippen MR) is 48.9 cm³/mol. The average Bonchev–Trinajstić information content (AvgIpc) is 1.80. The van der Waals surface area contributed by atoms with E-state index < -0.39 is 15.6 Å². The van der Waals surface area contributed by atoms with Gasteiger partial charge in [-0.15, -0.1) is 0 Å². The van der Waals surface area contributed by atoms with Crippen LogP contribution in [0.4, 0.5) is 0 Å². The second kappa shape index (κ2) is 6.12. The zero-order valence-corrected chi connectivity index (χ0v) is 7.39. The van der Waals surface area contributed by atoms with Crippen molar-refractivity contribution in [3.8, 4) is 0 Å². The van der Waals surface area contributed by atoms with Crippen molar-refractivity contribution < 1.29 is 17.7 Å². The third-order valence-electron chi connectivity index (χ3n) is 0.984. The number of rotatable bonds is 4. The number of hydrogen-bond acceptors (Lipinski definition) is 3. The van der Waals surface area contributed by atoms with Gasteiger partial charge in [0.2, 0.25) is 0 Å². The molecule has 0 aliphatic heterocycles. The quantitative estimate of drug-likeness (QED) is 0.402. The van der Waals surface area contributed by atoms with Crippen molar-refractivity contribution in [1.82, 2.24) is 0 Å². The Hall–Kier alpha value is 0.610. The van der Waals surface area contributed by atoms with Crippen molar-refractivity contribution in [2.75, 3.05) is 6.61 Å². The summed E-state index contributed by atoms with van der Waals surface area (Å²) < 4.78 is 33.8. The van der Waals surface area contributed by atoms with Crippen LogP contribution in [0.25, 0.3) is 0 Å². The Kier molecular flexibility index (Phi) is 7.70. The molecule has 0 aromatic carbocycles. The summed E-state index contributed by atoms with van der Waals surface area (Å²) in [6.45, 7) is 6.61. The average molecular weight is 204 g/mol. The van der Waals surface area contributed by atoms with Crippen molar-refractivity contribution in [2.45, 2.75) is 19.3 Å². The maximum atomic E-state index is 10.3. The molecule has 0 aliphatic rings. The second-order valence-corrected chi connectivity index (χ2v) is 4.04. The first kappa shape index (κ1) is 15.1. The fourth-order valence-electron chi connectivity index (χ4n) is 0.346. The van der Waals surface area contributed by atoms with Gasteiger partial charge in [-0.25, -0.2) is 0 Å². The van der Waals surface area contributed by atoms with Crippen LogP contribution in [0, 0.1) is 0 Å². The third kappa shape index (κ3) is 7.27. The van der Waals surface area contributed by atoms with Gasteiger partial charge in [0.25, 0.3) is 10.1 Å². The van der Waals surface area contributed by atoms with Crippen LogP contribution >= 0.6 is 0 Å². The summed E-state index contributed by atoms with van der Waals surface area (Å²) in [6, 6.07) is 0. The van der Waals surface area contributed by atoms with Crippen LogP contribution in [-0.4, -0.2) is 54.6 Å². The second-order valence-electron chi connectivity index (χ2n) is 2.35. The number of hydrogen-bond donors (Lipinski definition) is 1. The maximum absolute atomic E-state index is 10.3. The molecule has 0 radical (unpaired) electrons. The summed E-state index contributed by atoms with van der Waals surface area (Å²) in [5, 5.41) is 0. The summed E-state index contributed by atoms with van der Waals surface area (Å²) in [5.74, 6) is 0. The summed E-state index contributed by atoms with van der Waals surface area (Å²) in [6.07, 6.45) is 0. The molecule has 1 atom stereocenters. The Balaban J connectivity index is 0. The van der Waals surface area contributed by atoms with E-state index in [-0.39, 0.29) is 36.2 Å². The van der Waals surface area contributed by atoms with E-state index in [4.69, 9.17) is 9.29 Å². The minimum atomic E-state index is -4.06. The van der Waals surface area contributed by atoms with Crippen LogP contribution in [-0.2, 0) is 14.9 Å². The predicted octanol–water partition coefficient (Wildman–Crippen LogP) is 0.164. The molecule has 4 nitrogen and oxygen atoms in total. The molecule has 0 aromatic heterocycles. The molecule has 12 heavy (non-hydrogen) atoms. The van der Waals surface area contributed by atoms with E-state index in [0.29, 0.717) is 5.57 Å². The Bertz CT molecular complexity index is 234. The van der Waals surface area contributed by atoms with Gasteiger partial charge in [0.1, 0.15) is 0 Å². The van der Waals surface area contributed by atoms with Gasteiger partial charge in [0.15, 0.2) is 5.44 Å². The molecule has 0 saturated carbocycles. The van der Waals surface area contributed by atoms with Gasteiger partial charge in [-0.2, -0.15) is 8.42 Å². The molecule has 0 aliphatic carbocycles. The first-order chi connectivity index (χ1) is 4.84. The minimum absolute atomic E-state index is 0. The van der Waals surface area contributed by atoms with Crippen LogP contribution in [0.2, 0.25) is 0 Å². The molecule has 0 bridgehead atoms. The molecule has 0 rings (SSSR count). The Morgan fingerprint density at radius 2 is 2.08 bits per heavy atom. The Labute approximate surface area is 95.0 Å². The standard InChI is InChI=1S/C6H12O4S.Na.H/c1-5(2)4-10-6(3)11(7,8)9;;/h6H,1,4H2,2-3H3,(H,7,8,9);;. The van der Waals surface area contributed by atoms with Crippen molar-refractivity contribution in [3.05, 3.63) is 12.2 Å².